The minimum atomic E-state index is -0.675. The van der Waals surface area contributed by atoms with Crippen LogP contribution in [-0.2, 0) is 4.79 Å². The fourth-order valence-electron chi connectivity index (χ4n) is 2.60. The zero-order valence-corrected chi connectivity index (χ0v) is 10.3. The van der Waals surface area contributed by atoms with Crippen LogP contribution in [-0.4, -0.2) is 11.1 Å². The Kier molecular flexibility index (Phi) is 3.32. The molecule has 0 saturated carbocycles. The van der Waals surface area contributed by atoms with Crippen LogP contribution < -0.4 is 0 Å². The van der Waals surface area contributed by atoms with Gasteiger partial charge in [0.1, 0.15) is 0 Å². The van der Waals surface area contributed by atoms with Crippen LogP contribution in [0.25, 0.3) is 0 Å². The van der Waals surface area contributed by atoms with Crippen molar-refractivity contribution in [2.45, 2.75) is 32.6 Å². The number of carbonyl (C=O) groups is 1. The van der Waals surface area contributed by atoms with Crippen LogP contribution in [0.4, 0.5) is 0 Å². The van der Waals surface area contributed by atoms with Crippen molar-refractivity contribution in [3.8, 4) is 0 Å². The maximum Gasteiger partial charge on any atom is 0.307 e. The summed E-state index contributed by atoms with van der Waals surface area (Å²) in [7, 11) is 0. The third-order valence-corrected chi connectivity index (χ3v) is 3.81. The molecule has 0 spiro atoms. The molecule has 0 radical (unpaired) electrons. The number of allylic oxidation sites excluding steroid dienone is 2. The van der Waals surface area contributed by atoms with Crippen LogP contribution >= 0.6 is 0 Å². The van der Waals surface area contributed by atoms with Gasteiger partial charge in [0.05, 0.1) is 5.92 Å². The van der Waals surface area contributed by atoms with E-state index in [2.05, 4.69) is 6.92 Å². The Labute approximate surface area is 102 Å². The van der Waals surface area contributed by atoms with E-state index in [4.69, 9.17) is 0 Å². The molecule has 17 heavy (non-hydrogen) atoms. The molecule has 1 aromatic carbocycles. The summed E-state index contributed by atoms with van der Waals surface area (Å²) in [6.07, 6.45) is 1.55. The Balaban J connectivity index is 2.35. The number of carboxylic acid groups (broad SMARTS) is 1. The van der Waals surface area contributed by atoms with Gasteiger partial charge in [-0.25, -0.2) is 0 Å². The van der Waals surface area contributed by atoms with Crippen molar-refractivity contribution < 1.29 is 9.90 Å². The SMILES string of the molecule is CC1=C(C)C[C@@H](c2ccccc2)[C@H](C(=O)O)C1. The van der Waals surface area contributed by atoms with Gasteiger partial charge >= 0.3 is 5.97 Å². The number of hydrogen-bond acceptors (Lipinski definition) is 1. The molecule has 0 fully saturated rings. The molecule has 0 heterocycles. The molecule has 0 aromatic heterocycles. The van der Waals surface area contributed by atoms with Gasteiger partial charge in [0.25, 0.3) is 0 Å². The van der Waals surface area contributed by atoms with Gasteiger partial charge in [-0.05, 0) is 32.3 Å². The molecular formula is C15H18O2. The summed E-state index contributed by atoms with van der Waals surface area (Å²) in [5.41, 5.74) is 3.73. The highest BCUT2D eigenvalue weighted by Gasteiger charge is 2.33. The minimum absolute atomic E-state index is 0.123. The summed E-state index contributed by atoms with van der Waals surface area (Å²) in [6, 6.07) is 10.0. The average molecular weight is 230 g/mol. The lowest BCUT2D eigenvalue weighted by Crippen LogP contribution is -2.26. The van der Waals surface area contributed by atoms with Crippen molar-refractivity contribution in [3.05, 3.63) is 47.0 Å². The Hall–Kier alpha value is -1.57. The largest absolute Gasteiger partial charge is 0.481 e. The molecule has 1 aliphatic carbocycles. The molecule has 1 aliphatic rings. The quantitative estimate of drug-likeness (QED) is 0.788. The van der Waals surface area contributed by atoms with E-state index in [0.717, 1.165) is 12.0 Å². The van der Waals surface area contributed by atoms with Gasteiger partial charge in [0.15, 0.2) is 0 Å². The standard InChI is InChI=1S/C15H18O2/c1-10-8-13(12-6-4-3-5-7-12)14(15(16)17)9-11(10)2/h3-7,13-14H,8-9H2,1-2H3,(H,16,17)/t13-,14+/m0/s1. The Morgan fingerprint density at radius 3 is 2.29 bits per heavy atom. The van der Waals surface area contributed by atoms with Gasteiger partial charge in [0, 0.05) is 5.92 Å². The van der Waals surface area contributed by atoms with Crippen LogP contribution in [0.2, 0.25) is 0 Å². The summed E-state index contributed by atoms with van der Waals surface area (Å²) >= 11 is 0. The van der Waals surface area contributed by atoms with E-state index in [1.165, 1.54) is 11.1 Å². The van der Waals surface area contributed by atoms with Crippen molar-refractivity contribution >= 4 is 5.97 Å². The second-order valence-corrected chi connectivity index (χ2v) is 4.93. The van der Waals surface area contributed by atoms with Crippen LogP contribution in [0, 0.1) is 5.92 Å². The highest BCUT2D eigenvalue weighted by atomic mass is 16.4. The maximum atomic E-state index is 11.4. The topological polar surface area (TPSA) is 37.3 Å². The number of carboxylic acids is 1. The molecule has 1 aromatic rings. The molecule has 0 unspecified atom stereocenters. The van der Waals surface area contributed by atoms with Crippen molar-refractivity contribution in [1.29, 1.82) is 0 Å². The number of hydrogen-bond donors (Lipinski definition) is 1. The van der Waals surface area contributed by atoms with Gasteiger partial charge in [-0.15, -0.1) is 0 Å². The van der Waals surface area contributed by atoms with Crippen molar-refractivity contribution in [2.75, 3.05) is 0 Å². The summed E-state index contributed by atoms with van der Waals surface area (Å²) in [4.78, 5) is 11.4. The highest BCUT2D eigenvalue weighted by Crippen LogP contribution is 2.40. The van der Waals surface area contributed by atoms with Crippen molar-refractivity contribution in [3.63, 3.8) is 0 Å². The normalized spacial score (nSPS) is 24.8. The fraction of sp³-hybridized carbons (Fsp3) is 0.400. The fourth-order valence-corrected chi connectivity index (χ4v) is 2.60. The predicted octanol–water partition coefficient (Wildman–Crippen LogP) is 3.60. The van der Waals surface area contributed by atoms with E-state index >= 15 is 0 Å². The van der Waals surface area contributed by atoms with E-state index in [-0.39, 0.29) is 11.8 Å². The lowest BCUT2D eigenvalue weighted by Gasteiger charge is -2.30. The first kappa shape index (κ1) is 11.9. The van der Waals surface area contributed by atoms with Crippen LogP contribution in [0.1, 0.15) is 38.2 Å². The van der Waals surface area contributed by atoms with Crippen LogP contribution in [0.3, 0.4) is 0 Å². The molecular weight excluding hydrogens is 212 g/mol. The molecule has 0 bridgehead atoms. The van der Waals surface area contributed by atoms with E-state index < -0.39 is 5.97 Å². The molecule has 0 aliphatic heterocycles. The van der Waals surface area contributed by atoms with E-state index in [0.29, 0.717) is 6.42 Å². The average Bonchev–Trinajstić information content (AvgIpc) is 2.33. The van der Waals surface area contributed by atoms with Crippen LogP contribution in [0.15, 0.2) is 41.5 Å². The molecule has 0 amide bonds. The molecule has 2 heteroatoms. The summed E-state index contributed by atoms with van der Waals surface area (Å²) < 4.78 is 0. The minimum Gasteiger partial charge on any atom is -0.481 e. The van der Waals surface area contributed by atoms with Gasteiger partial charge in [0.2, 0.25) is 0 Å². The Bertz CT molecular complexity index is 445. The third kappa shape index (κ3) is 2.41. The second-order valence-electron chi connectivity index (χ2n) is 4.93. The number of rotatable bonds is 2. The third-order valence-electron chi connectivity index (χ3n) is 3.81. The van der Waals surface area contributed by atoms with Gasteiger partial charge in [-0.3, -0.25) is 4.79 Å². The summed E-state index contributed by atoms with van der Waals surface area (Å²) in [6.45, 7) is 4.16. The van der Waals surface area contributed by atoms with Gasteiger partial charge < -0.3 is 5.11 Å². The van der Waals surface area contributed by atoms with E-state index in [1.54, 1.807) is 0 Å². The zero-order chi connectivity index (χ0) is 12.4. The monoisotopic (exact) mass is 230 g/mol. The molecule has 2 nitrogen and oxygen atoms in total. The van der Waals surface area contributed by atoms with Crippen LogP contribution in [0.5, 0.6) is 0 Å². The highest BCUT2D eigenvalue weighted by molar-refractivity contribution is 5.72. The molecule has 2 atom stereocenters. The molecule has 1 N–H and O–H groups in total. The summed E-state index contributed by atoms with van der Waals surface area (Å²) in [5.74, 6) is -0.829. The smallest absolute Gasteiger partial charge is 0.307 e. The van der Waals surface area contributed by atoms with Gasteiger partial charge in [-0.1, -0.05) is 41.5 Å². The number of aliphatic carboxylic acids is 1. The van der Waals surface area contributed by atoms with Crippen molar-refractivity contribution in [1.82, 2.24) is 0 Å². The molecule has 2 rings (SSSR count). The molecule has 90 valence electrons. The van der Waals surface area contributed by atoms with Gasteiger partial charge in [-0.2, -0.15) is 0 Å². The summed E-state index contributed by atoms with van der Waals surface area (Å²) in [5, 5.41) is 9.35. The Morgan fingerprint density at radius 1 is 1.12 bits per heavy atom. The number of benzene rings is 1. The lowest BCUT2D eigenvalue weighted by atomic mass is 9.73. The first-order chi connectivity index (χ1) is 8.09. The lowest BCUT2D eigenvalue weighted by molar-refractivity contribution is -0.142. The maximum absolute atomic E-state index is 11.4. The van der Waals surface area contributed by atoms with Crippen molar-refractivity contribution in [2.24, 2.45) is 5.92 Å². The second kappa shape index (κ2) is 4.74. The first-order valence-electron chi connectivity index (χ1n) is 6.02. The predicted molar refractivity (Wildman–Crippen MR) is 67.9 cm³/mol. The van der Waals surface area contributed by atoms with E-state index in [1.807, 2.05) is 37.3 Å². The molecule has 0 saturated heterocycles. The zero-order valence-electron chi connectivity index (χ0n) is 10.3. The Morgan fingerprint density at radius 2 is 1.71 bits per heavy atom. The first-order valence-corrected chi connectivity index (χ1v) is 6.02. The van der Waals surface area contributed by atoms with E-state index in [9.17, 15) is 9.90 Å².